The number of imidazole rings is 1. The summed E-state index contributed by atoms with van der Waals surface area (Å²) >= 11 is 0. The third kappa shape index (κ3) is 5.16. The Morgan fingerprint density at radius 2 is 1.57 bits per heavy atom. The SMILES string of the molecule is Cc1nc2ccccc2n1C1C[C@H]2CC[C@@H](C1)N2CCC1(c2ccccc2)CCN(C(=O)C2CC2)CC1.O=CO. The highest BCUT2D eigenvalue weighted by Crippen LogP contribution is 2.45. The lowest BCUT2D eigenvalue weighted by molar-refractivity contribution is -0.134. The van der Waals surface area contributed by atoms with Crippen LogP contribution in [-0.4, -0.2) is 68.6 Å². The van der Waals surface area contributed by atoms with Crippen molar-refractivity contribution >= 4 is 23.4 Å². The van der Waals surface area contributed by atoms with Crippen LogP contribution in [0, 0.1) is 12.8 Å². The maximum Gasteiger partial charge on any atom is 0.290 e. The Kier molecular flexibility index (Phi) is 7.67. The Morgan fingerprint density at radius 1 is 0.950 bits per heavy atom. The molecule has 3 aliphatic heterocycles. The molecule has 7 heteroatoms. The van der Waals surface area contributed by atoms with Crippen molar-refractivity contribution in [1.29, 1.82) is 0 Å². The molecule has 1 aromatic heterocycles. The van der Waals surface area contributed by atoms with Gasteiger partial charge in [-0.05, 0) is 94.4 Å². The van der Waals surface area contributed by atoms with E-state index >= 15 is 0 Å². The predicted octanol–water partition coefficient (Wildman–Crippen LogP) is 5.57. The van der Waals surface area contributed by atoms with E-state index in [0.717, 1.165) is 50.1 Å². The summed E-state index contributed by atoms with van der Waals surface area (Å²) in [5.41, 5.74) is 4.10. The van der Waals surface area contributed by atoms with Crippen molar-refractivity contribution in [3.05, 3.63) is 66.0 Å². The number of piperidine rings is 2. The van der Waals surface area contributed by atoms with Crippen molar-refractivity contribution in [2.75, 3.05) is 19.6 Å². The summed E-state index contributed by atoms with van der Waals surface area (Å²) in [6, 6.07) is 21.8. The van der Waals surface area contributed by atoms with Gasteiger partial charge in [-0.1, -0.05) is 42.5 Å². The smallest absolute Gasteiger partial charge is 0.290 e. The standard InChI is InChI=1S/C32H40N4O.CH2O2/c1-23-33-29-9-5-6-10-30(29)36(23)28-21-26-13-14-27(22-28)35(26)20-17-32(25-7-3-2-4-8-25)15-18-34(19-16-32)31(37)24-11-12-24;2-1-3/h2-10,24,26-28H,11-22H2,1H3;1H,(H,2,3)/t26-,27+,28?;. The lowest BCUT2D eigenvalue weighted by atomic mass is 9.70. The van der Waals surface area contributed by atoms with Gasteiger partial charge in [-0.25, -0.2) is 4.98 Å². The van der Waals surface area contributed by atoms with Crippen LogP contribution in [0.15, 0.2) is 54.6 Å². The van der Waals surface area contributed by atoms with Crippen molar-refractivity contribution in [3.8, 4) is 0 Å². The Bertz CT molecular complexity index is 1310. The number of benzene rings is 2. The quantitative estimate of drug-likeness (QED) is 0.412. The summed E-state index contributed by atoms with van der Waals surface area (Å²) in [6.45, 7) is 4.95. The van der Waals surface area contributed by atoms with E-state index in [2.05, 4.69) is 75.9 Å². The van der Waals surface area contributed by atoms with Crippen LogP contribution in [0.4, 0.5) is 0 Å². The van der Waals surface area contributed by atoms with Gasteiger partial charge in [-0.3, -0.25) is 14.5 Å². The average molecular weight is 543 g/mol. The van der Waals surface area contributed by atoms with Crippen molar-refractivity contribution in [2.45, 2.75) is 88.3 Å². The van der Waals surface area contributed by atoms with Crippen LogP contribution in [0.2, 0.25) is 0 Å². The third-order valence-corrected chi connectivity index (χ3v) is 10.2. The number of rotatable bonds is 6. The number of likely N-dealkylation sites (tertiary alicyclic amines) is 1. The van der Waals surface area contributed by atoms with E-state index in [-0.39, 0.29) is 11.9 Å². The fraction of sp³-hybridized carbons (Fsp3) is 0.545. The lowest BCUT2D eigenvalue weighted by Gasteiger charge is -2.45. The van der Waals surface area contributed by atoms with Gasteiger partial charge >= 0.3 is 0 Å². The number of amides is 1. The fourth-order valence-electron chi connectivity index (χ4n) is 8.01. The summed E-state index contributed by atoms with van der Waals surface area (Å²) in [6.07, 6.45) is 10.7. The lowest BCUT2D eigenvalue weighted by Crippen LogP contribution is -2.49. The maximum atomic E-state index is 12.8. The first kappa shape index (κ1) is 27.0. The summed E-state index contributed by atoms with van der Waals surface area (Å²) in [5.74, 6) is 1.91. The molecule has 1 N–H and O–H groups in total. The molecule has 3 saturated heterocycles. The van der Waals surface area contributed by atoms with Gasteiger partial charge in [-0.2, -0.15) is 0 Å². The number of aromatic nitrogens is 2. The highest BCUT2D eigenvalue weighted by atomic mass is 16.3. The molecule has 3 aromatic rings. The van der Waals surface area contributed by atoms with Crippen LogP contribution in [0.5, 0.6) is 0 Å². The molecular formula is C33H42N4O3. The highest BCUT2D eigenvalue weighted by Gasteiger charge is 2.45. The number of aryl methyl sites for hydroxylation is 1. The molecule has 1 amide bonds. The van der Waals surface area contributed by atoms with E-state index in [4.69, 9.17) is 14.9 Å². The molecule has 7 rings (SSSR count). The number of carbonyl (C=O) groups excluding carboxylic acids is 1. The van der Waals surface area contributed by atoms with Crippen LogP contribution in [0.25, 0.3) is 11.0 Å². The van der Waals surface area contributed by atoms with E-state index in [1.165, 1.54) is 49.7 Å². The number of hydrogen-bond donors (Lipinski definition) is 1. The van der Waals surface area contributed by atoms with Gasteiger partial charge in [0, 0.05) is 37.1 Å². The summed E-state index contributed by atoms with van der Waals surface area (Å²) < 4.78 is 2.54. The number of carbonyl (C=O) groups is 2. The first-order valence-electron chi connectivity index (χ1n) is 15.1. The number of carboxylic acid groups (broad SMARTS) is 1. The van der Waals surface area contributed by atoms with Crippen molar-refractivity contribution in [1.82, 2.24) is 19.4 Å². The van der Waals surface area contributed by atoms with Crippen molar-refractivity contribution in [3.63, 3.8) is 0 Å². The van der Waals surface area contributed by atoms with E-state index in [9.17, 15) is 4.79 Å². The molecule has 2 bridgehead atoms. The zero-order chi connectivity index (χ0) is 27.7. The minimum absolute atomic E-state index is 0.190. The van der Waals surface area contributed by atoms with Crippen LogP contribution < -0.4 is 0 Å². The van der Waals surface area contributed by atoms with E-state index in [1.54, 1.807) is 0 Å². The second kappa shape index (κ2) is 11.4. The van der Waals surface area contributed by atoms with E-state index < -0.39 is 0 Å². The molecule has 0 radical (unpaired) electrons. The first-order valence-corrected chi connectivity index (χ1v) is 15.1. The summed E-state index contributed by atoms with van der Waals surface area (Å²) in [4.78, 5) is 31.0. The second-order valence-corrected chi connectivity index (χ2v) is 12.4. The van der Waals surface area contributed by atoms with E-state index in [0.29, 0.717) is 30.0 Å². The Balaban J connectivity index is 0.000000925. The van der Waals surface area contributed by atoms with Gasteiger partial charge in [0.25, 0.3) is 6.47 Å². The van der Waals surface area contributed by atoms with Gasteiger partial charge in [0.05, 0.1) is 11.0 Å². The molecule has 2 aromatic carbocycles. The number of hydrogen-bond acceptors (Lipinski definition) is 4. The van der Waals surface area contributed by atoms with Crippen molar-refractivity contribution in [2.24, 2.45) is 5.92 Å². The molecule has 3 atom stereocenters. The zero-order valence-electron chi connectivity index (χ0n) is 23.6. The van der Waals surface area contributed by atoms with Crippen molar-refractivity contribution < 1.29 is 14.7 Å². The number of nitrogens with zero attached hydrogens (tertiary/aromatic N) is 4. The molecular weight excluding hydrogens is 500 g/mol. The number of para-hydroxylation sites is 2. The molecule has 7 nitrogen and oxygen atoms in total. The summed E-state index contributed by atoms with van der Waals surface area (Å²) in [5, 5.41) is 6.89. The van der Waals surface area contributed by atoms with Crippen LogP contribution in [0.3, 0.4) is 0 Å². The third-order valence-electron chi connectivity index (χ3n) is 10.2. The predicted molar refractivity (Wildman–Crippen MR) is 156 cm³/mol. The Hall–Kier alpha value is -3.19. The Morgan fingerprint density at radius 3 is 2.23 bits per heavy atom. The maximum absolute atomic E-state index is 12.8. The average Bonchev–Trinajstić information content (AvgIpc) is 3.73. The molecule has 0 spiro atoms. The molecule has 1 aliphatic carbocycles. The molecule has 40 heavy (non-hydrogen) atoms. The minimum Gasteiger partial charge on any atom is -0.483 e. The molecule has 4 aliphatic rings. The number of fused-ring (bicyclic) bond motifs is 3. The topological polar surface area (TPSA) is 78.7 Å². The molecule has 4 fully saturated rings. The van der Waals surface area contributed by atoms with Gasteiger partial charge in [0.2, 0.25) is 5.91 Å². The molecule has 1 saturated carbocycles. The van der Waals surface area contributed by atoms with Gasteiger partial charge in [-0.15, -0.1) is 0 Å². The normalized spacial score (nSPS) is 25.8. The summed E-state index contributed by atoms with van der Waals surface area (Å²) in [7, 11) is 0. The Labute approximate surface area is 237 Å². The fourth-order valence-corrected chi connectivity index (χ4v) is 8.01. The van der Waals surface area contributed by atoms with Gasteiger partial charge < -0.3 is 14.6 Å². The minimum atomic E-state index is -0.250. The highest BCUT2D eigenvalue weighted by molar-refractivity contribution is 5.81. The van der Waals surface area contributed by atoms with Crippen LogP contribution in [-0.2, 0) is 15.0 Å². The second-order valence-electron chi connectivity index (χ2n) is 12.4. The zero-order valence-corrected chi connectivity index (χ0v) is 23.6. The first-order chi connectivity index (χ1) is 19.5. The van der Waals surface area contributed by atoms with E-state index in [1.807, 2.05) is 0 Å². The molecule has 4 heterocycles. The van der Waals surface area contributed by atoms with Gasteiger partial charge in [0.1, 0.15) is 5.82 Å². The molecule has 1 unspecified atom stereocenters. The largest absolute Gasteiger partial charge is 0.483 e. The van der Waals surface area contributed by atoms with Crippen LogP contribution >= 0.6 is 0 Å². The molecule has 212 valence electrons. The van der Waals surface area contributed by atoms with Crippen LogP contribution in [0.1, 0.15) is 75.2 Å². The van der Waals surface area contributed by atoms with Gasteiger partial charge in [0.15, 0.2) is 0 Å². The monoisotopic (exact) mass is 542 g/mol.